The first-order chi connectivity index (χ1) is 9.32. The number of carboxylic acid groups (broad SMARTS) is 1. The van der Waals surface area contributed by atoms with E-state index >= 15 is 0 Å². The first kappa shape index (κ1) is 15.9. The number of hydrogen-bond acceptors (Lipinski definition) is 4. The SMILES string of the molecule is CC(CNC(=O)c1cccc([N+](=O)[O-])c1Cl)CC(=O)O. The number of carboxylic acids is 1. The van der Waals surface area contributed by atoms with Crippen molar-refractivity contribution in [2.24, 2.45) is 5.92 Å². The van der Waals surface area contributed by atoms with Gasteiger partial charge in [0.2, 0.25) is 0 Å². The zero-order valence-corrected chi connectivity index (χ0v) is 11.4. The molecule has 1 unspecified atom stereocenters. The molecule has 108 valence electrons. The first-order valence-corrected chi connectivity index (χ1v) is 6.13. The number of carbonyl (C=O) groups is 2. The van der Waals surface area contributed by atoms with Gasteiger partial charge < -0.3 is 10.4 Å². The van der Waals surface area contributed by atoms with Crippen LogP contribution in [0.5, 0.6) is 0 Å². The minimum absolute atomic E-state index is 0.0107. The van der Waals surface area contributed by atoms with Gasteiger partial charge in [-0.15, -0.1) is 0 Å². The number of nitro benzene ring substituents is 1. The number of benzene rings is 1. The molecule has 0 spiro atoms. The number of nitro groups is 1. The largest absolute Gasteiger partial charge is 0.481 e. The molecule has 0 radical (unpaired) electrons. The molecule has 0 aliphatic rings. The first-order valence-electron chi connectivity index (χ1n) is 5.75. The van der Waals surface area contributed by atoms with Gasteiger partial charge in [0.1, 0.15) is 5.02 Å². The van der Waals surface area contributed by atoms with Gasteiger partial charge in [0.25, 0.3) is 11.6 Å². The van der Waals surface area contributed by atoms with Crippen LogP contribution in [-0.2, 0) is 4.79 Å². The highest BCUT2D eigenvalue weighted by atomic mass is 35.5. The lowest BCUT2D eigenvalue weighted by atomic mass is 10.1. The minimum atomic E-state index is -0.958. The van der Waals surface area contributed by atoms with Crippen LogP contribution < -0.4 is 5.32 Å². The smallest absolute Gasteiger partial charge is 0.303 e. The van der Waals surface area contributed by atoms with Crippen LogP contribution in [0.15, 0.2) is 18.2 Å². The zero-order chi connectivity index (χ0) is 15.3. The summed E-state index contributed by atoms with van der Waals surface area (Å²) < 4.78 is 0. The molecule has 1 rings (SSSR count). The Hall–Kier alpha value is -2.15. The van der Waals surface area contributed by atoms with Crippen LogP contribution in [0, 0.1) is 16.0 Å². The van der Waals surface area contributed by atoms with Crippen molar-refractivity contribution in [3.63, 3.8) is 0 Å². The van der Waals surface area contributed by atoms with E-state index in [0.29, 0.717) is 0 Å². The maximum Gasteiger partial charge on any atom is 0.303 e. The standard InChI is InChI=1S/C12H13ClN2O5/c1-7(5-10(16)17)6-14-12(18)8-3-2-4-9(11(8)13)15(19)20/h2-4,7H,5-6H2,1H3,(H,14,18)(H,16,17). The Morgan fingerprint density at radius 2 is 2.15 bits per heavy atom. The Morgan fingerprint density at radius 1 is 1.50 bits per heavy atom. The van der Waals surface area contributed by atoms with E-state index in [4.69, 9.17) is 16.7 Å². The minimum Gasteiger partial charge on any atom is -0.481 e. The molecule has 7 nitrogen and oxygen atoms in total. The summed E-state index contributed by atoms with van der Waals surface area (Å²) in [6.45, 7) is 1.81. The fourth-order valence-electron chi connectivity index (χ4n) is 1.57. The van der Waals surface area contributed by atoms with Gasteiger partial charge in [-0.2, -0.15) is 0 Å². The molecule has 0 aliphatic carbocycles. The lowest BCUT2D eigenvalue weighted by molar-refractivity contribution is -0.384. The summed E-state index contributed by atoms with van der Waals surface area (Å²) in [6, 6.07) is 3.93. The van der Waals surface area contributed by atoms with Gasteiger partial charge in [0, 0.05) is 19.0 Å². The van der Waals surface area contributed by atoms with Crippen LogP contribution in [-0.4, -0.2) is 28.5 Å². The van der Waals surface area contributed by atoms with Crippen molar-refractivity contribution in [2.75, 3.05) is 6.54 Å². The van der Waals surface area contributed by atoms with E-state index in [1.165, 1.54) is 18.2 Å². The normalized spacial score (nSPS) is 11.7. The second kappa shape index (κ2) is 6.85. The molecule has 2 N–H and O–H groups in total. The van der Waals surface area contributed by atoms with Crippen LogP contribution in [0.4, 0.5) is 5.69 Å². The average Bonchev–Trinajstić information content (AvgIpc) is 2.35. The average molecular weight is 301 g/mol. The molecular weight excluding hydrogens is 288 g/mol. The molecule has 20 heavy (non-hydrogen) atoms. The number of rotatable bonds is 6. The molecule has 0 bridgehead atoms. The van der Waals surface area contributed by atoms with Crippen LogP contribution in [0.25, 0.3) is 0 Å². The Balaban J connectivity index is 2.76. The molecular formula is C12H13ClN2O5. The van der Waals surface area contributed by atoms with Crippen molar-refractivity contribution in [1.82, 2.24) is 5.32 Å². The highest BCUT2D eigenvalue weighted by molar-refractivity contribution is 6.35. The molecule has 0 fully saturated rings. The third-order valence-electron chi connectivity index (χ3n) is 2.55. The fourth-order valence-corrected chi connectivity index (χ4v) is 1.85. The predicted octanol–water partition coefficient (Wildman–Crippen LogP) is 2.09. The molecule has 0 aliphatic heterocycles. The van der Waals surface area contributed by atoms with Crippen molar-refractivity contribution in [3.05, 3.63) is 38.9 Å². The summed E-state index contributed by atoms with van der Waals surface area (Å²) in [5, 5.41) is 21.6. The van der Waals surface area contributed by atoms with E-state index in [1.807, 2.05) is 0 Å². The number of halogens is 1. The lowest BCUT2D eigenvalue weighted by Crippen LogP contribution is -2.29. The van der Waals surface area contributed by atoms with Crippen molar-refractivity contribution < 1.29 is 19.6 Å². The Bertz CT molecular complexity index is 547. The predicted molar refractivity (Wildman–Crippen MR) is 71.9 cm³/mol. The Kier molecular flexibility index (Phi) is 5.45. The summed E-state index contributed by atoms with van der Waals surface area (Å²) >= 11 is 5.80. The number of aliphatic carboxylic acids is 1. The number of carbonyl (C=O) groups excluding carboxylic acids is 1. The summed E-state index contributed by atoms with van der Waals surface area (Å²) in [5.74, 6) is -1.79. The molecule has 0 saturated heterocycles. The van der Waals surface area contributed by atoms with Crippen molar-refractivity contribution in [3.8, 4) is 0 Å². The fraction of sp³-hybridized carbons (Fsp3) is 0.333. The molecule has 1 amide bonds. The number of nitrogens with one attached hydrogen (secondary N) is 1. The summed E-state index contributed by atoms with van der Waals surface area (Å²) in [7, 11) is 0. The van der Waals surface area contributed by atoms with Crippen molar-refractivity contribution >= 4 is 29.2 Å². The van der Waals surface area contributed by atoms with Gasteiger partial charge in [-0.25, -0.2) is 0 Å². The van der Waals surface area contributed by atoms with E-state index in [1.54, 1.807) is 6.92 Å². The van der Waals surface area contributed by atoms with E-state index in [0.717, 1.165) is 0 Å². The van der Waals surface area contributed by atoms with Gasteiger partial charge in [-0.1, -0.05) is 24.6 Å². The van der Waals surface area contributed by atoms with Gasteiger partial charge >= 0.3 is 5.97 Å². The monoisotopic (exact) mass is 300 g/mol. The quantitative estimate of drug-likeness (QED) is 0.617. The second-order valence-electron chi connectivity index (χ2n) is 4.31. The number of hydrogen-bond donors (Lipinski definition) is 2. The highest BCUT2D eigenvalue weighted by Crippen LogP contribution is 2.27. The third kappa shape index (κ3) is 4.20. The number of amides is 1. The molecule has 0 aromatic heterocycles. The van der Waals surface area contributed by atoms with Crippen molar-refractivity contribution in [2.45, 2.75) is 13.3 Å². The Labute approximate surface area is 119 Å². The van der Waals surface area contributed by atoms with Crippen molar-refractivity contribution in [1.29, 1.82) is 0 Å². The molecule has 8 heteroatoms. The molecule has 1 atom stereocenters. The maximum atomic E-state index is 11.9. The maximum absolute atomic E-state index is 11.9. The van der Waals surface area contributed by atoms with Crippen LogP contribution in [0.1, 0.15) is 23.7 Å². The van der Waals surface area contributed by atoms with Gasteiger partial charge in [0.15, 0.2) is 0 Å². The molecule has 1 aromatic carbocycles. The summed E-state index contributed by atoms with van der Waals surface area (Å²) in [5.41, 5.74) is -0.360. The van der Waals surface area contributed by atoms with Crippen LogP contribution >= 0.6 is 11.6 Å². The zero-order valence-electron chi connectivity index (χ0n) is 10.6. The molecule has 0 saturated carbocycles. The van der Waals surface area contributed by atoms with Gasteiger partial charge in [0.05, 0.1) is 10.5 Å². The molecule has 1 aromatic rings. The lowest BCUT2D eigenvalue weighted by Gasteiger charge is -2.11. The van der Waals surface area contributed by atoms with Crippen LogP contribution in [0.3, 0.4) is 0 Å². The molecule has 0 heterocycles. The Morgan fingerprint density at radius 3 is 2.70 bits per heavy atom. The topological polar surface area (TPSA) is 110 Å². The summed E-state index contributed by atoms with van der Waals surface area (Å²) in [6.07, 6.45) is -0.0804. The second-order valence-corrected chi connectivity index (χ2v) is 4.69. The third-order valence-corrected chi connectivity index (χ3v) is 2.95. The van der Waals surface area contributed by atoms with Gasteiger partial charge in [-0.3, -0.25) is 19.7 Å². The summed E-state index contributed by atoms with van der Waals surface area (Å²) in [4.78, 5) is 32.4. The van der Waals surface area contributed by atoms with Gasteiger partial charge in [-0.05, 0) is 12.0 Å². The van der Waals surface area contributed by atoms with E-state index in [2.05, 4.69) is 5.32 Å². The van der Waals surface area contributed by atoms with E-state index in [-0.39, 0.29) is 35.2 Å². The van der Waals surface area contributed by atoms with Crippen LogP contribution in [0.2, 0.25) is 5.02 Å². The highest BCUT2D eigenvalue weighted by Gasteiger charge is 2.20. The number of nitrogens with zero attached hydrogens (tertiary/aromatic N) is 1. The van der Waals surface area contributed by atoms with E-state index < -0.39 is 16.8 Å². The van der Waals surface area contributed by atoms with E-state index in [9.17, 15) is 19.7 Å².